The molecule has 1 aliphatic rings. The lowest BCUT2D eigenvalue weighted by Gasteiger charge is -2.26. The Kier molecular flexibility index (Phi) is 8.85. The number of hydrogen-bond donors (Lipinski definition) is 4. The molecule has 0 radical (unpaired) electrons. The lowest BCUT2D eigenvalue weighted by atomic mass is 9.97. The number of nitrogens with zero attached hydrogens (tertiary/aromatic N) is 4. The van der Waals surface area contributed by atoms with Crippen molar-refractivity contribution in [3.63, 3.8) is 0 Å². The predicted molar refractivity (Wildman–Crippen MR) is 139 cm³/mol. The Bertz CT molecular complexity index is 1380. The van der Waals surface area contributed by atoms with Crippen LogP contribution < -0.4 is 20.7 Å². The summed E-state index contributed by atoms with van der Waals surface area (Å²) in [5, 5.41) is 16.0. The third-order valence-corrected chi connectivity index (χ3v) is 7.70. The number of esters is 1. The van der Waals surface area contributed by atoms with Crippen LogP contribution in [0.25, 0.3) is 11.2 Å². The molecule has 2 aromatic heterocycles. The Labute approximate surface area is 227 Å². The molecule has 0 spiro atoms. The van der Waals surface area contributed by atoms with Gasteiger partial charge in [-0.05, 0) is 26.0 Å². The largest absolute Gasteiger partial charge is 0.465 e. The highest BCUT2D eigenvalue weighted by Crippen LogP contribution is 2.48. The minimum Gasteiger partial charge on any atom is -0.465 e. The van der Waals surface area contributed by atoms with E-state index < -0.39 is 57.1 Å². The first-order chi connectivity index (χ1) is 19.0. The number of fused-ring (bicyclic) bond motifs is 1. The summed E-state index contributed by atoms with van der Waals surface area (Å²) in [4.78, 5) is 24.4. The number of carbonyl (C=O) groups is 1. The van der Waals surface area contributed by atoms with Crippen molar-refractivity contribution in [3.05, 3.63) is 36.7 Å². The number of ether oxygens (including phenoxy) is 2. The molecule has 0 aliphatic carbocycles. The maximum Gasteiger partial charge on any atom is 0.459 e. The fourth-order valence-electron chi connectivity index (χ4n) is 4.10. The highest BCUT2D eigenvalue weighted by atomic mass is 31.2. The van der Waals surface area contributed by atoms with E-state index in [1.165, 1.54) is 19.1 Å². The van der Waals surface area contributed by atoms with Crippen LogP contribution in [0.4, 0.5) is 20.5 Å². The van der Waals surface area contributed by atoms with Gasteiger partial charge < -0.3 is 30.2 Å². The summed E-state index contributed by atoms with van der Waals surface area (Å²) in [6, 6.07) is 6.80. The zero-order valence-corrected chi connectivity index (χ0v) is 22.8. The topological polar surface area (TPSA) is 185 Å². The van der Waals surface area contributed by atoms with Crippen LogP contribution >= 0.6 is 7.75 Å². The average molecular weight is 586 g/mol. The number of aliphatic hydroxyl groups excluding tert-OH is 1. The highest BCUT2D eigenvalue weighted by Gasteiger charge is 2.59. The van der Waals surface area contributed by atoms with Gasteiger partial charge in [-0.25, -0.2) is 18.3 Å². The van der Waals surface area contributed by atoms with E-state index in [4.69, 9.17) is 24.3 Å². The van der Waals surface area contributed by atoms with Gasteiger partial charge in [-0.1, -0.05) is 18.2 Å². The molecule has 218 valence electrons. The van der Waals surface area contributed by atoms with E-state index in [1.54, 1.807) is 32.2 Å². The maximum absolute atomic E-state index is 16.0. The van der Waals surface area contributed by atoms with Gasteiger partial charge in [-0.15, -0.1) is 0 Å². The molecule has 1 saturated heterocycles. The molecule has 0 unspecified atom stereocenters. The fourth-order valence-corrected chi connectivity index (χ4v) is 5.60. The lowest BCUT2D eigenvalue weighted by Crippen LogP contribution is -2.45. The number of para-hydroxylation sites is 1. The molecular formula is C23H30F2N7O7P. The lowest BCUT2D eigenvalue weighted by molar-refractivity contribution is -0.144. The van der Waals surface area contributed by atoms with Crippen molar-refractivity contribution in [2.24, 2.45) is 0 Å². The number of carbonyl (C=O) groups excluding carboxylic acids is 1. The number of nitrogens with two attached hydrogens (primary N) is 1. The van der Waals surface area contributed by atoms with Gasteiger partial charge in [0.05, 0.1) is 19.5 Å². The molecule has 5 N–H and O–H groups in total. The van der Waals surface area contributed by atoms with Crippen LogP contribution in [0.5, 0.6) is 5.75 Å². The molecule has 3 heterocycles. The summed E-state index contributed by atoms with van der Waals surface area (Å²) in [7, 11) is -2.80. The number of nitrogen functional groups attached to an aromatic ring is 1. The van der Waals surface area contributed by atoms with E-state index in [-0.39, 0.29) is 35.3 Å². The fraction of sp³-hybridized carbons (Fsp3) is 0.478. The summed E-state index contributed by atoms with van der Waals surface area (Å²) < 4.78 is 66.5. The van der Waals surface area contributed by atoms with Crippen LogP contribution in [0.1, 0.15) is 20.1 Å². The molecule has 0 amide bonds. The number of hydrogen-bond acceptors (Lipinski definition) is 12. The van der Waals surface area contributed by atoms with Crippen LogP contribution in [0, 0.1) is 0 Å². The number of aromatic nitrogens is 4. The minimum absolute atomic E-state index is 0.0223. The number of benzene rings is 1. The van der Waals surface area contributed by atoms with E-state index in [0.717, 1.165) is 10.9 Å². The molecule has 1 aliphatic heterocycles. The molecule has 40 heavy (non-hydrogen) atoms. The molecule has 0 saturated carbocycles. The first-order valence-electron chi connectivity index (χ1n) is 12.2. The smallest absolute Gasteiger partial charge is 0.459 e. The standard InChI is InChI=1S/C23H30F2N7O7P/c1-4-36-20(34)13(2)31-40(35,39-14-8-6-5-7-9-14)37-10-15-17(33)23(25,11-24)21(38-15)32-12-28-16-18(27-3)29-22(26)30-19(16)32/h5-9,12-13,15,17,21,33H,4,10-11H2,1-3H3,(H,31,35)(H3,26,27,29,30)/t13-,15-,17-,21-,23-,40+/m1/s1. The monoisotopic (exact) mass is 585 g/mol. The quantitative estimate of drug-likeness (QED) is 0.179. The number of nitrogens with one attached hydrogen (secondary N) is 2. The zero-order valence-electron chi connectivity index (χ0n) is 21.9. The van der Waals surface area contributed by atoms with E-state index >= 15 is 4.39 Å². The van der Waals surface area contributed by atoms with E-state index in [9.17, 15) is 18.9 Å². The molecule has 1 aromatic carbocycles. The second-order valence-electron chi connectivity index (χ2n) is 8.84. The second-order valence-corrected chi connectivity index (χ2v) is 10.5. The van der Waals surface area contributed by atoms with Crippen LogP contribution in [0.15, 0.2) is 36.7 Å². The van der Waals surface area contributed by atoms with Crippen molar-refractivity contribution < 1.29 is 41.8 Å². The van der Waals surface area contributed by atoms with Crippen molar-refractivity contribution in [3.8, 4) is 5.75 Å². The first-order valence-corrected chi connectivity index (χ1v) is 13.8. The molecule has 6 atom stereocenters. The molecule has 17 heteroatoms. The van der Waals surface area contributed by atoms with E-state index in [2.05, 4.69) is 25.4 Å². The maximum atomic E-state index is 16.0. The van der Waals surface area contributed by atoms with Crippen molar-refractivity contribution in [1.29, 1.82) is 0 Å². The normalized spacial score (nSPS) is 24.9. The molecule has 3 aromatic rings. The van der Waals surface area contributed by atoms with Crippen LogP contribution in [0.2, 0.25) is 0 Å². The number of rotatable bonds is 12. The number of aliphatic hydroxyl groups is 1. The summed E-state index contributed by atoms with van der Waals surface area (Å²) in [6.45, 7) is 0.697. The Hall–Kier alpha value is -3.43. The Morgan fingerprint density at radius 2 is 2.08 bits per heavy atom. The summed E-state index contributed by atoms with van der Waals surface area (Å²) in [5.74, 6) is -0.520. The van der Waals surface area contributed by atoms with Crippen molar-refractivity contribution in [2.75, 3.05) is 38.0 Å². The number of halogens is 2. The Balaban J connectivity index is 1.59. The SMILES string of the molecule is CCOC(=O)[C@@H](C)N[P@](=O)(OC[C@H]1O[C@@H](n2cnc3c(NC)nc(N)nc32)[C@@](F)(CF)[C@@H]1O)Oc1ccccc1. The van der Waals surface area contributed by atoms with Gasteiger partial charge in [0, 0.05) is 7.05 Å². The molecule has 4 rings (SSSR count). The Morgan fingerprint density at radius 1 is 1.35 bits per heavy atom. The average Bonchev–Trinajstić information content (AvgIpc) is 3.46. The van der Waals surface area contributed by atoms with E-state index in [0.29, 0.717) is 0 Å². The van der Waals surface area contributed by atoms with Gasteiger partial charge >= 0.3 is 13.7 Å². The summed E-state index contributed by atoms with van der Waals surface area (Å²) >= 11 is 0. The van der Waals surface area contributed by atoms with Gasteiger partial charge in [0.25, 0.3) is 0 Å². The number of alkyl halides is 2. The van der Waals surface area contributed by atoms with Gasteiger partial charge in [0.1, 0.15) is 30.7 Å². The molecule has 1 fully saturated rings. The van der Waals surface area contributed by atoms with Crippen molar-refractivity contribution in [2.45, 2.75) is 44.0 Å². The predicted octanol–water partition coefficient (Wildman–Crippen LogP) is 2.13. The number of anilines is 2. The van der Waals surface area contributed by atoms with Gasteiger partial charge in [-0.3, -0.25) is 13.9 Å². The van der Waals surface area contributed by atoms with E-state index in [1.807, 2.05) is 0 Å². The van der Waals surface area contributed by atoms with Crippen LogP contribution in [-0.2, 0) is 23.4 Å². The first kappa shape index (κ1) is 29.6. The van der Waals surface area contributed by atoms with Crippen LogP contribution in [-0.4, -0.2) is 81.4 Å². The molecule has 0 bridgehead atoms. The van der Waals surface area contributed by atoms with Crippen LogP contribution in [0.3, 0.4) is 0 Å². The zero-order chi connectivity index (χ0) is 29.1. The van der Waals surface area contributed by atoms with Gasteiger partial charge in [0.15, 0.2) is 23.2 Å². The third kappa shape index (κ3) is 5.86. The summed E-state index contributed by atoms with van der Waals surface area (Å²) in [5.41, 5.74) is 3.00. The van der Waals surface area contributed by atoms with Crippen molar-refractivity contribution in [1.82, 2.24) is 24.6 Å². The highest BCUT2D eigenvalue weighted by molar-refractivity contribution is 7.52. The molecule has 14 nitrogen and oxygen atoms in total. The molecular weight excluding hydrogens is 555 g/mol. The minimum atomic E-state index is -4.36. The second kappa shape index (κ2) is 12.0. The van der Waals surface area contributed by atoms with Crippen molar-refractivity contribution >= 4 is 36.6 Å². The third-order valence-electron chi connectivity index (χ3n) is 6.06. The number of imidazole rings is 1. The summed E-state index contributed by atoms with van der Waals surface area (Å²) in [6.07, 6.45) is -4.21. The van der Waals surface area contributed by atoms with Gasteiger partial charge in [0.2, 0.25) is 11.6 Å². The Morgan fingerprint density at radius 3 is 2.73 bits per heavy atom. The van der Waals surface area contributed by atoms with Gasteiger partial charge in [-0.2, -0.15) is 15.1 Å².